The fourth-order valence-corrected chi connectivity index (χ4v) is 3.76. The molecule has 0 saturated carbocycles. The first kappa shape index (κ1) is 16.9. The standard InChI is InChI=1S/C18H22FNO4/c19-15-3-1-2-14(12-15)18(6-10-24-11-7-18)17(23)20-8-4-13(5-9-20)16(21)22/h1-3,12-13H,4-11H2,(H,21,22). The van der Waals surface area contributed by atoms with E-state index >= 15 is 0 Å². The highest BCUT2D eigenvalue weighted by Gasteiger charge is 2.45. The van der Waals surface area contributed by atoms with Crippen LogP contribution in [-0.4, -0.2) is 48.2 Å². The Kier molecular flexibility index (Phi) is 4.85. The summed E-state index contributed by atoms with van der Waals surface area (Å²) < 4.78 is 19.1. The van der Waals surface area contributed by atoms with Crippen LogP contribution < -0.4 is 0 Å². The van der Waals surface area contributed by atoms with E-state index < -0.39 is 11.4 Å². The van der Waals surface area contributed by atoms with Gasteiger partial charge < -0.3 is 14.7 Å². The molecule has 2 fully saturated rings. The van der Waals surface area contributed by atoms with Gasteiger partial charge in [-0.05, 0) is 43.4 Å². The minimum absolute atomic E-state index is 0.0276. The molecule has 0 spiro atoms. The van der Waals surface area contributed by atoms with Crippen LogP contribution >= 0.6 is 0 Å². The van der Waals surface area contributed by atoms with Crippen LogP contribution in [0.15, 0.2) is 24.3 Å². The smallest absolute Gasteiger partial charge is 0.306 e. The van der Waals surface area contributed by atoms with Crippen LogP contribution in [0.4, 0.5) is 4.39 Å². The van der Waals surface area contributed by atoms with Crippen molar-refractivity contribution in [1.29, 1.82) is 0 Å². The summed E-state index contributed by atoms with van der Waals surface area (Å²) in [7, 11) is 0. The number of carboxylic acid groups (broad SMARTS) is 1. The molecular formula is C18H22FNO4. The van der Waals surface area contributed by atoms with Crippen LogP contribution in [0.3, 0.4) is 0 Å². The van der Waals surface area contributed by atoms with Crippen molar-refractivity contribution in [3.63, 3.8) is 0 Å². The lowest BCUT2D eigenvalue weighted by Gasteiger charge is -2.42. The number of hydrogen-bond donors (Lipinski definition) is 1. The second-order valence-corrected chi connectivity index (χ2v) is 6.61. The van der Waals surface area contributed by atoms with E-state index in [0.29, 0.717) is 57.6 Å². The van der Waals surface area contributed by atoms with Crippen molar-refractivity contribution >= 4 is 11.9 Å². The number of carbonyl (C=O) groups is 2. The van der Waals surface area contributed by atoms with Crippen LogP contribution in [-0.2, 0) is 19.7 Å². The number of benzene rings is 1. The van der Waals surface area contributed by atoms with Gasteiger partial charge in [0.15, 0.2) is 0 Å². The summed E-state index contributed by atoms with van der Waals surface area (Å²) in [5.74, 6) is -1.56. The first-order chi connectivity index (χ1) is 11.5. The summed E-state index contributed by atoms with van der Waals surface area (Å²) in [6.07, 6.45) is 1.98. The molecule has 2 aliphatic heterocycles. The predicted octanol–water partition coefficient (Wildman–Crippen LogP) is 2.20. The monoisotopic (exact) mass is 335 g/mol. The number of halogens is 1. The summed E-state index contributed by atoms with van der Waals surface area (Å²) in [5.41, 5.74) is -0.0766. The van der Waals surface area contributed by atoms with Gasteiger partial charge in [-0.1, -0.05) is 12.1 Å². The molecule has 1 aromatic carbocycles. The number of rotatable bonds is 3. The molecule has 2 heterocycles. The number of hydrogen-bond acceptors (Lipinski definition) is 3. The second-order valence-electron chi connectivity index (χ2n) is 6.61. The van der Waals surface area contributed by atoms with Crippen molar-refractivity contribution in [3.05, 3.63) is 35.6 Å². The Morgan fingerprint density at radius 1 is 1.21 bits per heavy atom. The van der Waals surface area contributed by atoms with Crippen molar-refractivity contribution < 1.29 is 23.8 Å². The summed E-state index contributed by atoms with van der Waals surface area (Å²) in [5, 5.41) is 9.11. The number of amides is 1. The zero-order valence-corrected chi connectivity index (χ0v) is 13.5. The van der Waals surface area contributed by atoms with Crippen molar-refractivity contribution in [2.75, 3.05) is 26.3 Å². The molecule has 1 aromatic rings. The normalized spacial score (nSPS) is 21.5. The number of ether oxygens (including phenoxy) is 1. The lowest BCUT2D eigenvalue weighted by Crippen LogP contribution is -2.52. The first-order valence-electron chi connectivity index (χ1n) is 8.39. The van der Waals surface area contributed by atoms with Crippen LogP contribution in [0.5, 0.6) is 0 Å². The van der Waals surface area contributed by atoms with E-state index in [1.54, 1.807) is 17.0 Å². The van der Waals surface area contributed by atoms with Crippen molar-refractivity contribution in [2.24, 2.45) is 5.92 Å². The lowest BCUT2D eigenvalue weighted by atomic mass is 9.72. The minimum Gasteiger partial charge on any atom is -0.481 e. The number of aliphatic carboxylic acids is 1. The maximum Gasteiger partial charge on any atom is 0.306 e. The number of carboxylic acids is 1. The van der Waals surface area contributed by atoms with Crippen LogP contribution in [0.2, 0.25) is 0 Å². The molecule has 0 bridgehead atoms. The SMILES string of the molecule is O=C(O)C1CCN(C(=O)C2(c3cccc(F)c3)CCOCC2)CC1. The van der Waals surface area contributed by atoms with Gasteiger partial charge in [-0.3, -0.25) is 9.59 Å². The van der Waals surface area contributed by atoms with E-state index in [0.717, 1.165) is 0 Å². The average molecular weight is 335 g/mol. The number of nitrogens with zero attached hydrogens (tertiary/aromatic N) is 1. The highest BCUT2D eigenvalue weighted by atomic mass is 19.1. The number of piperidine rings is 1. The molecule has 2 saturated heterocycles. The second kappa shape index (κ2) is 6.89. The Labute approximate surface area is 140 Å². The number of carbonyl (C=O) groups excluding carboxylic acids is 1. The summed E-state index contributed by atoms with van der Waals surface area (Å²) in [6.45, 7) is 1.81. The van der Waals surface area contributed by atoms with E-state index in [-0.39, 0.29) is 17.6 Å². The Morgan fingerprint density at radius 3 is 2.46 bits per heavy atom. The average Bonchev–Trinajstić information content (AvgIpc) is 2.62. The quantitative estimate of drug-likeness (QED) is 0.919. The van der Waals surface area contributed by atoms with Crippen molar-refractivity contribution in [1.82, 2.24) is 4.90 Å². The van der Waals surface area contributed by atoms with Crippen LogP contribution in [0.25, 0.3) is 0 Å². The molecule has 130 valence electrons. The molecule has 0 unspecified atom stereocenters. The van der Waals surface area contributed by atoms with E-state index in [1.807, 2.05) is 0 Å². The molecule has 0 radical (unpaired) electrons. The Hall–Kier alpha value is -1.95. The van der Waals surface area contributed by atoms with E-state index in [9.17, 15) is 14.0 Å². The molecular weight excluding hydrogens is 313 g/mol. The van der Waals surface area contributed by atoms with Gasteiger partial charge in [0, 0.05) is 26.3 Å². The molecule has 0 aromatic heterocycles. The Bertz CT molecular complexity index is 619. The molecule has 0 atom stereocenters. The zero-order chi connectivity index (χ0) is 17.2. The van der Waals surface area contributed by atoms with E-state index in [2.05, 4.69) is 0 Å². The van der Waals surface area contributed by atoms with Gasteiger partial charge in [0.1, 0.15) is 5.82 Å². The minimum atomic E-state index is -0.798. The summed E-state index contributed by atoms with van der Waals surface area (Å²) in [6, 6.07) is 6.24. The van der Waals surface area contributed by atoms with E-state index in [1.165, 1.54) is 12.1 Å². The van der Waals surface area contributed by atoms with Gasteiger partial charge in [0.25, 0.3) is 0 Å². The molecule has 0 aliphatic carbocycles. The molecule has 24 heavy (non-hydrogen) atoms. The third kappa shape index (κ3) is 3.15. The lowest BCUT2D eigenvalue weighted by molar-refractivity contribution is -0.149. The van der Waals surface area contributed by atoms with Gasteiger partial charge in [-0.2, -0.15) is 0 Å². The summed E-state index contributed by atoms with van der Waals surface area (Å²) >= 11 is 0. The fraction of sp³-hybridized carbons (Fsp3) is 0.556. The third-order valence-corrected chi connectivity index (χ3v) is 5.26. The molecule has 1 N–H and O–H groups in total. The third-order valence-electron chi connectivity index (χ3n) is 5.26. The first-order valence-corrected chi connectivity index (χ1v) is 8.39. The van der Waals surface area contributed by atoms with Gasteiger partial charge >= 0.3 is 5.97 Å². The van der Waals surface area contributed by atoms with Gasteiger partial charge in [-0.15, -0.1) is 0 Å². The largest absolute Gasteiger partial charge is 0.481 e. The molecule has 2 aliphatic rings. The molecule has 1 amide bonds. The van der Waals surface area contributed by atoms with Crippen LogP contribution in [0.1, 0.15) is 31.2 Å². The molecule has 5 nitrogen and oxygen atoms in total. The Morgan fingerprint density at radius 2 is 1.88 bits per heavy atom. The highest BCUT2D eigenvalue weighted by Crippen LogP contribution is 2.38. The zero-order valence-electron chi connectivity index (χ0n) is 13.5. The molecule has 3 rings (SSSR count). The highest BCUT2D eigenvalue weighted by molar-refractivity contribution is 5.88. The maximum absolute atomic E-state index is 13.7. The van der Waals surface area contributed by atoms with Gasteiger partial charge in [0.2, 0.25) is 5.91 Å². The topological polar surface area (TPSA) is 66.8 Å². The van der Waals surface area contributed by atoms with Crippen LogP contribution in [0, 0.1) is 11.7 Å². The number of likely N-dealkylation sites (tertiary alicyclic amines) is 1. The summed E-state index contributed by atoms with van der Waals surface area (Å²) in [4.78, 5) is 26.1. The molecule has 6 heteroatoms. The van der Waals surface area contributed by atoms with Crippen molar-refractivity contribution in [3.8, 4) is 0 Å². The fourth-order valence-electron chi connectivity index (χ4n) is 3.76. The predicted molar refractivity (Wildman–Crippen MR) is 85.1 cm³/mol. The van der Waals surface area contributed by atoms with Gasteiger partial charge in [-0.25, -0.2) is 4.39 Å². The van der Waals surface area contributed by atoms with Crippen molar-refractivity contribution in [2.45, 2.75) is 31.1 Å². The van der Waals surface area contributed by atoms with Gasteiger partial charge in [0.05, 0.1) is 11.3 Å². The maximum atomic E-state index is 13.7. The Balaban J connectivity index is 1.84. The van der Waals surface area contributed by atoms with E-state index in [4.69, 9.17) is 9.84 Å².